The van der Waals surface area contributed by atoms with Crippen LogP contribution in [-0.4, -0.2) is 12.3 Å². The fourth-order valence-electron chi connectivity index (χ4n) is 17.1. The van der Waals surface area contributed by atoms with Crippen molar-refractivity contribution in [2.45, 2.75) is 160 Å². The van der Waals surface area contributed by atoms with E-state index in [9.17, 15) is 0 Å². The van der Waals surface area contributed by atoms with Gasteiger partial charge in [0.05, 0.1) is 16.8 Å². The van der Waals surface area contributed by atoms with E-state index in [1.165, 1.54) is 135 Å². The Morgan fingerprint density at radius 1 is 0.444 bits per heavy atom. The minimum absolute atomic E-state index is 0.000364. The second kappa shape index (κ2) is 16.9. The normalized spacial score (nSPS) is 23.1. The molecule has 9 aromatic rings. The molecule has 6 aliphatic rings. The van der Waals surface area contributed by atoms with Crippen molar-refractivity contribution in [3.63, 3.8) is 0 Å². The van der Waals surface area contributed by atoms with Crippen LogP contribution in [0.15, 0.2) is 182 Å². The summed E-state index contributed by atoms with van der Waals surface area (Å²) in [4.78, 5) is 8.56. The smallest absolute Gasteiger partial charge is 0.252 e. The molecule has 0 aromatic heterocycles. The van der Waals surface area contributed by atoms with Gasteiger partial charge in [0.1, 0.15) is 0 Å². The molecule has 4 aliphatic heterocycles. The van der Waals surface area contributed by atoms with Crippen molar-refractivity contribution in [1.82, 2.24) is 0 Å². The van der Waals surface area contributed by atoms with E-state index in [-0.39, 0.29) is 39.3 Å². The molecule has 4 atom stereocenters. The monoisotopic (exact) mass is 1060 g/mol. The van der Waals surface area contributed by atoms with Gasteiger partial charge in [0.15, 0.2) is 0 Å². The van der Waals surface area contributed by atoms with E-state index in [1.54, 1.807) is 0 Å². The number of anilines is 7. The molecule has 404 valence electrons. The van der Waals surface area contributed by atoms with Crippen molar-refractivity contribution < 1.29 is 0 Å². The van der Waals surface area contributed by atoms with Crippen LogP contribution in [0.3, 0.4) is 0 Å². The van der Waals surface area contributed by atoms with Crippen LogP contribution in [-0.2, 0) is 39.0 Å². The summed E-state index contributed by atoms with van der Waals surface area (Å²) in [6.07, 6.45) is 6.74. The summed E-state index contributed by atoms with van der Waals surface area (Å²) >= 11 is 0. The summed E-state index contributed by atoms with van der Waals surface area (Å²) in [7, 11) is 0. The highest BCUT2D eigenvalue weighted by molar-refractivity contribution is 7.00. The Bertz CT molecular complexity index is 4110. The molecule has 4 unspecified atom stereocenters. The van der Waals surface area contributed by atoms with Gasteiger partial charge in [-0.3, -0.25) is 0 Å². The fraction of sp³-hybridized carbons (Fsp3) is 0.325. The molecule has 1 fully saturated rings. The Balaban J connectivity index is 1.10. The number of aryl methyl sites for hydroxylation is 1. The first-order valence-corrected chi connectivity index (χ1v) is 30.5. The van der Waals surface area contributed by atoms with Gasteiger partial charge in [0.25, 0.3) is 6.71 Å². The lowest BCUT2D eigenvalue weighted by Crippen LogP contribution is -2.65. The number of rotatable bonds is 4. The van der Waals surface area contributed by atoms with Gasteiger partial charge in [-0.25, -0.2) is 0 Å². The number of fused-ring (bicyclic) bond motifs is 13. The summed E-state index contributed by atoms with van der Waals surface area (Å²) in [5, 5.41) is 2.51. The average molecular weight is 1060 g/mol. The van der Waals surface area contributed by atoms with Crippen LogP contribution < -0.4 is 31.1 Å². The molecule has 4 heteroatoms. The zero-order valence-electron chi connectivity index (χ0n) is 50.0. The van der Waals surface area contributed by atoms with Crippen LogP contribution in [0.2, 0.25) is 0 Å². The lowest BCUT2D eigenvalue weighted by molar-refractivity contribution is 0.215. The van der Waals surface area contributed by atoms with E-state index in [2.05, 4.69) is 280 Å². The van der Waals surface area contributed by atoms with Gasteiger partial charge in [0.2, 0.25) is 0 Å². The van der Waals surface area contributed by atoms with E-state index in [1.807, 2.05) is 0 Å². The highest BCUT2D eigenvalue weighted by Crippen LogP contribution is 2.68. The number of hydrogen-bond donors (Lipinski definition) is 0. The summed E-state index contributed by atoms with van der Waals surface area (Å²) in [6.45, 7) is 29.2. The van der Waals surface area contributed by atoms with E-state index >= 15 is 0 Å². The van der Waals surface area contributed by atoms with Crippen LogP contribution in [0.4, 0.5) is 39.8 Å². The second-order valence-electron chi connectivity index (χ2n) is 28.9. The molecule has 1 saturated carbocycles. The molecule has 4 heterocycles. The van der Waals surface area contributed by atoms with Gasteiger partial charge in [-0.05, 0) is 175 Å². The fourth-order valence-corrected chi connectivity index (χ4v) is 17.1. The Hall–Kier alpha value is -7.30. The molecule has 2 aliphatic carbocycles. The van der Waals surface area contributed by atoms with Crippen molar-refractivity contribution in [3.05, 3.63) is 226 Å². The van der Waals surface area contributed by atoms with E-state index in [0.717, 1.165) is 25.7 Å². The van der Waals surface area contributed by atoms with Crippen molar-refractivity contribution in [2.24, 2.45) is 0 Å². The molecule has 0 N–H and O–H groups in total. The lowest BCUT2D eigenvalue weighted by atomic mass is 9.33. The molecular weight excluding hydrogens is 978 g/mol. The maximum atomic E-state index is 2.96. The maximum absolute atomic E-state index is 2.96. The van der Waals surface area contributed by atoms with Crippen LogP contribution in [0.25, 0.3) is 21.9 Å². The molecule has 0 spiro atoms. The van der Waals surface area contributed by atoms with Crippen LogP contribution >= 0.6 is 0 Å². The Morgan fingerprint density at radius 2 is 1.07 bits per heavy atom. The molecule has 15 rings (SSSR count). The van der Waals surface area contributed by atoms with Crippen molar-refractivity contribution >= 4 is 73.7 Å². The van der Waals surface area contributed by atoms with Crippen LogP contribution in [0.1, 0.15) is 160 Å². The lowest BCUT2D eigenvalue weighted by Gasteiger charge is -2.55. The molecule has 0 radical (unpaired) electrons. The highest BCUT2D eigenvalue weighted by atomic mass is 15.3. The van der Waals surface area contributed by atoms with Crippen LogP contribution in [0, 0.1) is 0 Å². The minimum atomic E-state index is -0.407. The summed E-state index contributed by atoms with van der Waals surface area (Å²) in [6, 6.07) is 72.6. The predicted octanol–water partition coefficient (Wildman–Crippen LogP) is 18.1. The quantitative estimate of drug-likeness (QED) is 0.163. The van der Waals surface area contributed by atoms with Gasteiger partial charge >= 0.3 is 0 Å². The maximum Gasteiger partial charge on any atom is 0.252 e. The first kappa shape index (κ1) is 50.6. The number of benzene rings is 9. The predicted molar refractivity (Wildman–Crippen MR) is 346 cm³/mol. The topological polar surface area (TPSA) is 9.72 Å². The van der Waals surface area contributed by atoms with Gasteiger partial charge in [0, 0.05) is 50.5 Å². The zero-order chi connectivity index (χ0) is 56.0. The number of hydrogen-bond acceptors (Lipinski definition) is 3. The summed E-state index contributed by atoms with van der Waals surface area (Å²) in [5.74, 6) is 0. The minimum Gasteiger partial charge on any atom is -0.335 e. The molecule has 0 bridgehead atoms. The first-order valence-electron chi connectivity index (χ1n) is 30.5. The first-order chi connectivity index (χ1) is 38.7. The Kier molecular flexibility index (Phi) is 10.6. The van der Waals surface area contributed by atoms with E-state index in [0.29, 0.717) is 0 Å². The van der Waals surface area contributed by atoms with Gasteiger partial charge in [-0.1, -0.05) is 222 Å². The summed E-state index contributed by atoms with van der Waals surface area (Å²) < 4.78 is 0. The van der Waals surface area contributed by atoms with Crippen molar-refractivity contribution in [2.75, 3.05) is 14.7 Å². The third kappa shape index (κ3) is 6.77. The van der Waals surface area contributed by atoms with Crippen molar-refractivity contribution in [3.8, 4) is 11.1 Å². The third-order valence-electron chi connectivity index (χ3n) is 21.6. The van der Waals surface area contributed by atoms with Crippen LogP contribution in [0.5, 0.6) is 0 Å². The molecule has 0 amide bonds. The number of para-hydroxylation sites is 1. The Morgan fingerprint density at radius 3 is 1.83 bits per heavy atom. The van der Waals surface area contributed by atoms with E-state index < -0.39 is 5.54 Å². The van der Waals surface area contributed by atoms with Crippen molar-refractivity contribution in [1.29, 1.82) is 0 Å². The molecule has 0 saturated heterocycles. The standard InChI is InChI=1S/C77H78BN3/c1-71(2,3)54-33-36-64(58(44-54)52-32-31-49-23-16-17-25-51(49)43-52)79-66-38-35-56(73(7,8)9)46-63(66)78-62-30-22-29-60-70(62)81(75(11)40-20-21-41-77(60,75)53-26-14-13-15-27-53)68-48-57(47-67(79)69(68)78)80-65-37-34-55(72(4,5)6)45-61(65)74(10)42-39-50-24-18-19-28-59(50)76(74,80)12/h13-19,22-38,43-48H,20-21,39-42H2,1-12H3. The SMILES string of the molecule is CC(C)(C)c1ccc2c(c1)B1c3cccc4c3N(c3cc(N5c6ccc(C(C)(C)C)cc6C6(C)CCc7ccccc7C56C)cc(c31)N2c1ccc(C(C)(C)C)cc1-c1ccc2ccccc2c1)C1(C)CCCCC41c1ccccc1. The largest absolute Gasteiger partial charge is 0.335 e. The zero-order valence-corrected chi connectivity index (χ0v) is 50.0. The van der Waals surface area contributed by atoms with Gasteiger partial charge in [-0.15, -0.1) is 0 Å². The molecular formula is C77H78BN3. The molecule has 9 aromatic carbocycles. The average Bonchev–Trinajstić information content (AvgIpc) is 2.86. The highest BCUT2D eigenvalue weighted by Gasteiger charge is 2.65. The van der Waals surface area contributed by atoms with E-state index in [4.69, 9.17) is 0 Å². The second-order valence-corrected chi connectivity index (χ2v) is 28.9. The molecule has 81 heavy (non-hydrogen) atoms. The Labute approximate surface area is 483 Å². The number of nitrogens with zero attached hydrogens (tertiary/aromatic N) is 3. The van der Waals surface area contributed by atoms with Gasteiger partial charge in [-0.2, -0.15) is 0 Å². The third-order valence-corrected chi connectivity index (χ3v) is 21.6. The summed E-state index contributed by atoms with van der Waals surface area (Å²) in [5.41, 5.74) is 26.1. The van der Waals surface area contributed by atoms with Gasteiger partial charge < -0.3 is 14.7 Å². The molecule has 3 nitrogen and oxygen atoms in total.